The molecule has 4 heteroatoms. The molecule has 0 bridgehead atoms. The van der Waals surface area contributed by atoms with Crippen molar-refractivity contribution in [3.8, 4) is 17.1 Å². The van der Waals surface area contributed by atoms with Crippen molar-refractivity contribution < 1.29 is 4.74 Å². The van der Waals surface area contributed by atoms with Gasteiger partial charge in [0.25, 0.3) is 0 Å². The molecule has 0 saturated heterocycles. The van der Waals surface area contributed by atoms with Gasteiger partial charge in [-0.25, -0.2) is 4.98 Å². The Morgan fingerprint density at radius 3 is 2.63 bits per heavy atom. The Hall–Kier alpha value is -1.81. The molecule has 0 aliphatic rings. The topological polar surface area (TPSA) is 53.1 Å². The molecule has 0 aliphatic heterocycles. The molecule has 19 heavy (non-hydrogen) atoms. The van der Waals surface area contributed by atoms with E-state index in [-0.39, 0.29) is 0 Å². The predicted molar refractivity (Wildman–Crippen MR) is 77.2 cm³/mol. The third-order valence-electron chi connectivity index (χ3n) is 3.27. The fourth-order valence-electron chi connectivity index (χ4n) is 2.14. The van der Waals surface area contributed by atoms with Crippen LogP contribution in [0.4, 0.5) is 0 Å². The van der Waals surface area contributed by atoms with Gasteiger partial charge in [-0.05, 0) is 23.6 Å². The van der Waals surface area contributed by atoms with Crippen LogP contribution in [0.1, 0.15) is 31.0 Å². The van der Waals surface area contributed by atoms with Gasteiger partial charge in [0.1, 0.15) is 11.6 Å². The average molecular weight is 259 g/mol. The normalized spacial score (nSPS) is 11.1. The standard InChI is InChI=1S/C15H21N3O/c1-10(2)11-5-6-14(19-4)13(7-11)15-17-12(8-16)9-18(15)3/h5-7,9-10H,8,16H2,1-4H3. The molecule has 1 aromatic heterocycles. The number of rotatable bonds is 4. The van der Waals surface area contributed by atoms with E-state index in [4.69, 9.17) is 10.5 Å². The van der Waals surface area contributed by atoms with Crippen LogP contribution in [-0.2, 0) is 13.6 Å². The number of ether oxygens (including phenoxy) is 1. The Balaban J connectivity index is 2.57. The Kier molecular flexibility index (Phi) is 3.90. The van der Waals surface area contributed by atoms with Crippen LogP contribution < -0.4 is 10.5 Å². The van der Waals surface area contributed by atoms with Gasteiger partial charge in [0.15, 0.2) is 0 Å². The Morgan fingerprint density at radius 2 is 2.11 bits per heavy atom. The van der Waals surface area contributed by atoms with Gasteiger partial charge in [0, 0.05) is 19.8 Å². The maximum atomic E-state index is 5.65. The molecule has 0 unspecified atom stereocenters. The smallest absolute Gasteiger partial charge is 0.143 e. The van der Waals surface area contributed by atoms with Crippen LogP contribution >= 0.6 is 0 Å². The molecule has 0 atom stereocenters. The van der Waals surface area contributed by atoms with Gasteiger partial charge in [-0.15, -0.1) is 0 Å². The van der Waals surface area contributed by atoms with Crippen molar-refractivity contribution in [2.75, 3.05) is 7.11 Å². The Morgan fingerprint density at radius 1 is 1.37 bits per heavy atom. The van der Waals surface area contributed by atoms with E-state index in [1.54, 1.807) is 7.11 Å². The molecule has 102 valence electrons. The molecule has 2 aromatic rings. The highest BCUT2D eigenvalue weighted by molar-refractivity contribution is 5.66. The highest BCUT2D eigenvalue weighted by Crippen LogP contribution is 2.32. The second-order valence-corrected chi connectivity index (χ2v) is 4.99. The quantitative estimate of drug-likeness (QED) is 0.918. The van der Waals surface area contributed by atoms with Crippen LogP contribution in [0.25, 0.3) is 11.4 Å². The van der Waals surface area contributed by atoms with Gasteiger partial charge < -0.3 is 15.0 Å². The van der Waals surface area contributed by atoms with Crippen molar-refractivity contribution in [1.82, 2.24) is 9.55 Å². The lowest BCUT2D eigenvalue weighted by atomic mass is 10.00. The molecule has 1 aromatic carbocycles. The van der Waals surface area contributed by atoms with E-state index in [0.29, 0.717) is 12.5 Å². The summed E-state index contributed by atoms with van der Waals surface area (Å²) < 4.78 is 7.44. The summed E-state index contributed by atoms with van der Waals surface area (Å²) in [7, 11) is 3.66. The Bertz CT molecular complexity index is 573. The molecule has 0 saturated carbocycles. The lowest BCUT2D eigenvalue weighted by Crippen LogP contribution is -1.98. The summed E-state index contributed by atoms with van der Waals surface area (Å²) in [5, 5.41) is 0. The van der Waals surface area contributed by atoms with Crippen LogP contribution in [0.15, 0.2) is 24.4 Å². The fraction of sp³-hybridized carbons (Fsp3) is 0.400. The largest absolute Gasteiger partial charge is 0.496 e. The number of aryl methyl sites for hydroxylation is 1. The lowest BCUT2D eigenvalue weighted by Gasteiger charge is -2.12. The number of hydrogen-bond donors (Lipinski definition) is 1. The third-order valence-corrected chi connectivity index (χ3v) is 3.27. The van der Waals surface area contributed by atoms with Gasteiger partial charge in [-0.3, -0.25) is 0 Å². The number of nitrogens with zero attached hydrogens (tertiary/aromatic N) is 2. The molecule has 0 amide bonds. The minimum absolute atomic E-state index is 0.444. The van der Waals surface area contributed by atoms with E-state index in [9.17, 15) is 0 Å². The molecular weight excluding hydrogens is 238 g/mol. The highest BCUT2D eigenvalue weighted by atomic mass is 16.5. The molecule has 4 nitrogen and oxygen atoms in total. The zero-order valence-corrected chi connectivity index (χ0v) is 12.0. The number of benzene rings is 1. The zero-order chi connectivity index (χ0) is 14.0. The highest BCUT2D eigenvalue weighted by Gasteiger charge is 2.14. The van der Waals surface area contributed by atoms with Crippen molar-refractivity contribution in [3.05, 3.63) is 35.7 Å². The van der Waals surface area contributed by atoms with Crippen LogP contribution in [0.2, 0.25) is 0 Å². The molecule has 0 radical (unpaired) electrons. The second-order valence-electron chi connectivity index (χ2n) is 4.99. The first-order chi connectivity index (χ1) is 9.06. The first-order valence-electron chi connectivity index (χ1n) is 6.47. The van der Waals surface area contributed by atoms with E-state index < -0.39 is 0 Å². The molecule has 0 aliphatic carbocycles. The maximum Gasteiger partial charge on any atom is 0.143 e. The van der Waals surface area contributed by atoms with Crippen LogP contribution in [0.5, 0.6) is 5.75 Å². The zero-order valence-electron chi connectivity index (χ0n) is 12.0. The van der Waals surface area contributed by atoms with Crippen molar-refractivity contribution in [3.63, 3.8) is 0 Å². The first kappa shape index (κ1) is 13.6. The van der Waals surface area contributed by atoms with Gasteiger partial charge in [0.2, 0.25) is 0 Å². The number of imidazole rings is 1. The summed E-state index contributed by atoms with van der Waals surface area (Å²) in [4.78, 5) is 4.57. The van der Waals surface area contributed by atoms with Gasteiger partial charge in [-0.2, -0.15) is 0 Å². The van der Waals surface area contributed by atoms with Crippen LogP contribution in [-0.4, -0.2) is 16.7 Å². The summed E-state index contributed by atoms with van der Waals surface area (Å²) in [6.45, 7) is 4.80. The molecule has 2 rings (SSSR count). The van der Waals surface area contributed by atoms with Crippen molar-refractivity contribution in [2.24, 2.45) is 12.8 Å². The second kappa shape index (κ2) is 5.45. The molecule has 0 spiro atoms. The SMILES string of the molecule is COc1ccc(C(C)C)cc1-c1nc(CN)cn1C. The first-order valence-corrected chi connectivity index (χ1v) is 6.47. The summed E-state index contributed by atoms with van der Waals surface area (Å²) in [5.41, 5.74) is 8.82. The molecule has 1 heterocycles. The van der Waals surface area contributed by atoms with E-state index in [1.807, 2.05) is 23.9 Å². The van der Waals surface area contributed by atoms with E-state index in [1.165, 1.54) is 5.56 Å². The number of hydrogen-bond acceptors (Lipinski definition) is 3. The van der Waals surface area contributed by atoms with E-state index >= 15 is 0 Å². The van der Waals surface area contributed by atoms with Gasteiger partial charge in [0.05, 0.1) is 18.4 Å². The monoisotopic (exact) mass is 259 g/mol. The van der Waals surface area contributed by atoms with Crippen molar-refractivity contribution in [2.45, 2.75) is 26.3 Å². The van der Waals surface area contributed by atoms with E-state index in [2.05, 4.69) is 31.0 Å². The molecule has 0 fully saturated rings. The van der Waals surface area contributed by atoms with Crippen LogP contribution in [0.3, 0.4) is 0 Å². The van der Waals surface area contributed by atoms with Crippen molar-refractivity contribution in [1.29, 1.82) is 0 Å². The summed E-state index contributed by atoms with van der Waals surface area (Å²) >= 11 is 0. The number of methoxy groups -OCH3 is 1. The third kappa shape index (κ3) is 2.63. The predicted octanol–water partition coefficient (Wildman–Crippen LogP) is 2.68. The maximum absolute atomic E-state index is 5.65. The van der Waals surface area contributed by atoms with Crippen LogP contribution in [0, 0.1) is 0 Å². The fourth-order valence-corrected chi connectivity index (χ4v) is 2.14. The number of aromatic nitrogens is 2. The minimum Gasteiger partial charge on any atom is -0.496 e. The molecule has 2 N–H and O–H groups in total. The van der Waals surface area contributed by atoms with Crippen molar-refractivity contribution >= 4 is 0 Å². The Labute approximate surface area is 114 Å². The number of nitrogens with two attached hydrogens (primary N) is 1. The van der Waals surface area contributed by atoms with E-state index in [0.717, 1.165) is 22.8 Å². The average Bonchev–Trinajstić information content (AvgIpc) is 2.79. The summed E-state index contributed by atoms with van der Waals surface area (Å²) in [6.07, 6.45) is 1.96. The summed E-state index contributed by atoms with van der Waals surface area (Å²) in [5.74, 6) is 2.19. The van der Waals surface area contributed by atoms with Gasteiger partial charge >= 0.3 is 0 Å². The summed E-state index contributed by atoms with van der Waals surface area (Å²) in [6, 6.07) is 6.24. The molecular formula is C15H21N3O. The van der Waals surface area contributed by atoms with Gasteiger partial charge in [-0.1, -0.05) is 19.9 Å². The lowest BCUT2D eigenvalue weighted by molar-refractivity contribution is 0.415. The minimum atomic E-state index is 0.444.